The zero-order valence-electron chi connectivity index (χ0n) is 15.8. The monoisotopic (exact) mass is 440 g/mol. The lowest BCUT2D eigenvalue weighted by molar-refractivity contribution is -0.122. The maximum absolute atomic E-state index is 12.4. The van der Waals surface area contributed by atoms with E-state index in [-0.39, 0.29) is 11.9 Å². The number of thiophene rings is 1. The van der Waals surface area contributed by atoms with Crippen LogP contribution in [0, 0.1) is 6.92 Å². The number of rotatable bonds is 8. The molecule has 1 aromatic carbocycles. The number of carbonyl (C=O) groups is 1. The number of methoxy groups -OCH3 is 2. The standard InChI is InChI=1S/C19H25BrN2O3S/c1-12-8-16(24-4)17(25-5)9-15(12)13(2)21-19(23)11-22(3)10-14-6-7-18(20)26-14/h6-9,13H,10-11H2,1-5H3,(H,21,23). The molecular formula is C19H25BrN2O3S. The molecule has 2 rings (SSSR count). The molecule has 0 bridgehead atoms. The molecule has 0 aliphatic rings. The summed E-state index contributed by atoms with van der Waals surface area (Å²) in [7, 11) is 5.17. The smallest absolute Gasteiger partial charge is 0.234 e. The molecule has 2 aromatic rings. The zero-order valence-corrected chi connectivity index (χ0v) is 18.2. The maximum Gasteiger partial charge on any atom is 0.234 e. The average Bonchev–Trinajstić information content (AvgIpc) is 2.98. The molecule has 26 heavy (non-hydrogen) atoms. The van der Waals surface area contributed by atoms with Crippen LogP contribution in [0.4, 0.5) is 0 Å². The molecule has 1 N–H and O–H groups in total. The number of aryl methyl sites for hydroxylation is 1. The zero-order chi connectivity index (χ0) is 19.3. The van der Waals surface area contributed by atoms with E-state index in [1.165, 1.54) is 4.88 Å². The predicted molar refractivity (Wildman–Crippen MR) is 109 cm³/mol. The van der Waals surface area contributed by atoms with E-state index >= 15 is 0 Å². The molecular weight excluding hydrogens is 416 g/mol. The fraction of sp³-hybridized carbons (Fsp3) is 0.421. The van der Waals surface area contributed by atoms with Gasteiger partial charge in [0, 0.05) is 11.4 Å². The molecule has 142 valence electrons. The summed E-state index contributed by atoms with van der Waals surface area (Å²) in [6.45, 7) is 5.06. The van der Waals surface area contributed by atoms with Crippen LogP contribution in [0.15, 0.2) is 28.1 Å². The van der Waals surface area contributed by atoms with Crippen LogP contribution in [0.1, 0.15) is 29.0 Å². The van der Waals surface area contributed by atoms with Gasteiger partial charge in [-0.1, -0.05) is 0 Å². The summed E-state index contributed by atoms with van der Waals surface area (Å²) >= 11 is 5.14. The Balaban J connectivity index is 1.98. The number of amides is 1. The van der Waals surface area contributed by atoms with Crippen molar-refractivity contribution in [1.29, 1.82) is 0 Å². The molecule has 0 aliphatic carbocycles. The SMILES string of the molecule is COc1cc(C)c(C(C)NC(=O)CN(C)Cc2ccc(Br)s2)cc1OC. The van der Waals surface area contributed by atoms with Crippen molar-refractivity contribution in [2.45, 2.75) is 26.4 Å². The first-order valence-corrected chi connectivity index (χ1v) is 9.89. The fourth-order valence-corrected chi connectivity index (χ4v) is 4.40. The number of hydrogen-bond acceptors (Lipinski definition) is 5. The van der Waals surface area contributed by atoms with Crippen molar-refractivity contribution in [2.75, 3.05) is 27.8 Å². The third-order valence-corrected chi connectivity index (χ3v) is 5.69. The van der Waals surface area contributed by atoms with Crippen LogP contribution in [0.3, 0.4) is 0 Å². The number of benzene rings is 1. The Labute approximate surface area is 167 Å². The van der Waals surface area contributed by atoms with Crippen LogP contribution in [-0.4, -0.2) is 38.6 Å². The quantitative estimate of drug-likeness (QED) is 0.669. The molecule has 0 saturated carbocycles. The molecule has 7 heteroatoms. The highest BCUT2D eigenvalue weighted by atomic mass is 79.9. The summed E-state index contributed by atoms with van der Waals surface area (Å²) in [5.74, 6) is 1.34. The van der Waals surface area contributed by atoms with E-state index in [1.54, 1.807) is 25.6 Å². The first-order valence-electron chi connectivity index (χ1n) is 8.28. The van der Waals surface area contributed by atoms with Crippen LogP contribution in [-0.2, 0) is 11.3 Å². The molecule has 1 unspecified atom stereocenters. The average molecular weight is 441 g/mol. The lowest BCUT2D eigenvalue weighted by atomic mass is 10.0. The Morgan fingerprint density at radius 1 is 1.27 bits per heavy atom. The number of hydrogen-bond donors (Lipinski definition) is 1. The van der Waals surface area contributed by atoms with E-state index in [4.69, 9.17) is 9.47 Å². The molecule has 5 nitrogen and oxygen atoms in total. The van der Waals surface area contributed by atoms with Crippen LogP contribution in [0.5, 0.6) is 11.5 Å². The largest absolute Gasteiger partial charge is 0.493 e. The third kappa shape index (κ3) is 5.46. The summed E-state index contributed by atoms with van der Waals surface area (Å²) in [4.78, 5) is 15.6. The second-order valence-corrected chi connectivity index (χ2v) is 8.78. The van der Waals surface area contributed by atoms with Gasteiger partial charge < -0.3 is 14.8 Å². The summed E-state index contributed by atoms with van der Waals surface area (Å²) in [5.41, 5.74) is 2.06. The molecule has 0 spiro atoms. The highest BCUT2D eigenvalue weighted by Crippen LogP contribution is 2.32. The summed E-state index contributed by atoms with van der Waals surface area (Å²) in [6, 6.07) is 7.82. The van der Waals surface area contributed by atoms with Crippen LogP contribution in [0.25, 0.3) is 0 Å². The van der Waals surface area contributed by atoms with Gasteiger partial charge in [-0.2, -0.15) is 0 Å². The second-order valence-electron chi connectivity index (χ2n) is 6.23. The van der Waals surface area contributed by atoms with Crippen LogP contribution >= 0.6 is 27.3 Å². The third-order valence-electron chi connectivity index (χ3n) is 4.08. The lowest BCUT2D eigenvalue weighted by Gasteiger charge is -2.21. The van der Waals surface area contributed by atoms with Gasteiger partial charge in [-0.15, -0.1) is 11.3 Å². The minimum Gasteiger partial charge on any atom is -0.493 e. The highest BCUT2D eigenvalue weighted by molar-refractivity contribution is 9.11. The Morgan fingerprint density at radius 2 is 1.92 bits per heavy atom. The molecule has 0 fully saturated rings. The first kappa shape index (κ1) is 20.7. The van der Waals surface area contributed by atoms with Crippen molar-refractivity contribution >= 4 is 33.2 Å². The molecule has 0 aliphatic heterocycles. The predicted octanol–water partition coefficient (Wildman–Crippen LogP) is 4.15. The highest BCUT2D eigenvalue weighted by Gasteiger charge is 2.17. The Bertz CT molecular complexity index is 763. The van der Waals surface area contributed by atoms with Crippen molar-refractivity contribution in [3.05, 3.63) is 44.1 Å². The number of ether oxygens (including phenoxy) is 2. The minimum absolute atomic E-state index is 0.00944. The van der Waals surface area contributed by atoms with Gasteiger partial charge in [-0.05, 0) is 72.2 Å². The van der Waals surface area contributed by atoms with Crippen molar-refractivity contribution < 1.29 is 14.3 Å². The number of nitrogens with zero attached hydrogens (tertiary/aromatic N) is 1. The molecule has 1 heterocycles. The number of carbonyl (C=O) groups excluding carboxylic acids is 1. The maximum atomic E-state index is 12.4. The van der Waals surface area contributed by atoms with Gasteiger partial charge >= 0.3 is 0 Å². The van der Waals surface area contributed by atoms with Gasteiger partial charge in [-0.3, -0.25) is 9.69 Å². The van der Waals surface area contributed by atoms with E-state index in [1.807, 2.05) is 44.0 Å². The van der Waals surface area contributed by atoms with Crippen LogP contribution < -0.4 is 14.8 Å². The van der Waals surface area contributed by atoms with Gasteiger partial charge in [0.15, 0.2) is 11.5 Å². The molecule has 0 saturated heterocycles. The normalized spacial score (nSPS) is 12.1. The molecule has 0 radical (unpaired) electrons. The van der Waals surface area contributed by atoms with Crippen molar-refractivity contribution in [1.82, 2.24) is 10.2 Å². The fourth-order valence-electron chi connectivity index (χ4n) is 2.83. The van der Waals surface area contributed by atoms with Gasteiger partial charge in [-0.25, -0.2) is 0 Å². The summed E-state index contributed by atoms with van der Waals surface area (Å²) in [5, 5.41) is 3.06. The van der Waals surface area contributed by atoms with E-state index < -0.39 is 0 Å². The van der Waals surface area contributed by atoms with Gasteiger partial charge in [0.1, 0.15) is 0 Å². The van der Waals surface area contributed by atoms with Gasteiger partial charge in [0.2, 0.25) is 5.91 Å². The molecule has 1 aromatic heterocycles. The summed E-state index contributed by atoms with van der Waals surface area (Å²) < 4.78 is 11.8. The number of nitrogens with one attached hydrogen (secondary N) is 1. The second kappa shape index (κ2) is 9.39. The van der Waals surface area contributed by atoms with Crippen molar-refractivity contribution in [3.63, 3.8) is 0 Å². The number of likely N-dealkylation sites (N-methyl/N-ethyl adjacent to an activating group) is 1. The molecule has 1 atom stereocenters. The van der Waals surface area contributed by atoms with Gasteiger partial charge in [0.25, 0.3) is 0 Å². The van der Waals surface area contributed by atoms with E-state index in [0.717, 1.165) is 21.5 Å². The van der Waals surface area contributed by atoms with E-state index in [0.29, 0.717) is 18.0 Å². The lowest BCUT2D eigenvalue weighted by Crippen LogP contribution is -2.36. The van der Waals surface area contributed by atoms with Crippen molar-refractivity contribution in [3.8, 4) is 11.5 Å². The topological polar surface area (TPSA) is 50.8 Å². The van der Waals surface area contributed by atoms with Crippen LogP contribution in [0.2, 0.25) is 0 Å². The van der Waals surface area contributed by atoms with Gasteiger partial charge in [0.05, 0.1) is 30.6 Å². The first-order chi connectivity index (χ1) is 12.3. The number of halogens is 1. The Kier molecular flexibility index (Phi) is 7.49. The Morgan fingerprint density at radius 3 is 2.50 bits per heavy atom. The van der Waals surface area contributed by atoms with Crippen molar-refractivity contribution in [2.24, 2.45) is 0 Å². The minimum atomic E-state index is -0.119. The Hall–Kier alpha value is -1.57. The molecule has 1 amide bonds. The summed E-state index contributed by atoms with van der Waals surface area (Å²) in [6.07, 6.45) is 0. The van der Waals surface area contributed by atoms with E-state index in [2.05, 4.69) is 27.3 Å². The van der Waals surface area contributed by atoms with E-state index in [9.17, 15) is 4.79 Å².